The largest absolute Gasteiger partial charge is 0.497 e. The average Bonchev–Trinajstić information content (AvgIpc) is 3.36. The molecule has 0 aliphatic heterocycles. The lowest BCUT2D eigenvalue weighted by molar-refractivity contribution is -0.127. The number of nitrogens with one attached hydrogen (secondary N) is 2. The first-order valence-corrected chi connectivity index (χ1v) is 8.34. The fraction of sp³-hybridized carbons (Fsp3) is 0.556. The van der Waals surface area contributed by atoms with Crippen molar-refractivity contribution in [2.45, 2.75) is 32.6 Å². The van der Waals surface area contributed by atoms with Crippen molar-refractivity contribution in [3.05, 3.63) is 29.8 Å². The third-order valence-electron chi connectivity index (χ3n) is 4.17. The number of carbonyl (C=O) groups excluding carboxylic acids is 2. The maximum atomic E-state index is 12.0. The molecule has 2 N–H and O–H groups in total. The van der Waals surface area contributed by atoms with E-state index in [2.05, 4.69) is 17.6 Å². The monoisotopic (exact) mass is 318 g/mol. The lowest BCUT2D eigenvalue weighted by Crippen LogP contribution is -2.31. The van der Waals surface area contributed by atoms with Crippen LogP contribution in [-0.2, 0) is 16.0 Å². The summed E-state index contributed by atoms with van der Waals surface area (Å²) in [5.41, 5.74) is 1.15. The van der Waals surface area contributed by atoms with Crippen molar-refractivity contribution in [1.29, 1.82) is 0 Å². The van der Waals surface area contributed by atoms with E-state index in [1.54, 1.807) is 7.11 Å². The Balaban J connectivity index is 1.65. The summed E-state index contributed by atoms with van der Waals surface area (Å²) in [6.45, 7) is 3.38. The van der Waals surface area contributed by atoms with Gasteiger partial charge < -0.3 is 15.4 Å². The number of benzene rings is 1. The predicted octanol–water partition coefficient (Wildman–Crippen LogP) is 1.91. The van der Waals surface area contributed by atoms with Crippen LogP contribution in [0.25, 0.3) is 0 Å². The number of unbranched alkanes of at least 4 members (excludes halogenated alkanes) is 1. The predicted molar refractivity (Wildman–Crippen MR) is 89.2 cm³/mol. The van der Waals surface area contributed by atoms with E-state index in [4.69, 9.17) is 4.74 Å². The summed E-state index contributed by atoms with van der Waals surface area (Å²) in [6, 6.07) is 7.81. The minimum Gasteiger partial charge on any atom is -0.497 e. The van der Waals surface area contributed by atoms with Crippen LogP contribution in [-0.4, -0.2) is 32.0 Å². The molecule has 2 amide bonds. The van der Waals surface area contributed by atoms with Crippen LogP contribution >= 0.6 is 0 Å². The first-order chi connectivity index (χ1) is 11.2. The van der Waals surface area contributed by atoms with E-state index < -0.39 is 0 Å². The molecule has 1 fully saturated rings. The zero-order valence-corrected chi connectivity index (χ0v) is 13.9. The summed E-state index contributed by atoms with van der Waals surface area (Å²) in [5.74, 6) is 0.566. The molecule has 0 heterocycles. The highest BCUT2D eigenvalue weighted by atomic mass is 16.5. The molecule has 1 aromatic rings. The van der Waals surface area contributed by atoms with Gasteiger partial charge in [0.25, 0.3) is 0 Å². The van der Waals surface area contributed by atoms with Gasteiger partial charge in [-0.15, -0.1) is 0 Å². The van der Waals surface area contributed by atoms with E-state index in [-0.39, 0.29) is 23.7 Å². The molecule has 0 spiro atoms. The minimum absolute atomic E-state index is 0.00541. The Morgan fingerprint density at radius 3 is 2.26 bits per heavy atom. The molecule has 1 aliphatic rings. The molecule has 5 heteroatoms. The van der Waals surface area contributed by atoms with Crippen LogP contribution in [0.4, 0.5) is 0 Å². The van der Waals surface area contributed by atoms with E-state index in [0.717, 1.165) is 30.6 Å². The number of hydrogen-bond donors (Lipinski definition) is 2. The molecular formula is C18H26N2O3. The normalized spacial score (nSPS) is 19.0. The molecule has 2 unspecified atom stereocenters. The van der Waals surface area contributed by atoms with Gasteiger partial charge in [-0.2, -0.15) is 0 Å². The van der Waals surface area contributed by atoms with Gasteiger partial charge in [-0.25, -0.2) is 0 Å². The number of carbonyl (C=O) groups is 2. The maximum Gasteiger partial charge on any atom is 0.223 e. The zero-order valence-electron chi connectivity index (χ0n) is 13.9. The Kier molecular flexibility index (Phi) is 6.44. The van der Waals surface area contributed by atoms with Crippen LogP contribution in [0, 0.1) is 11.8 Å². The van der Waals surface area contributed by atoms with Crippen molar-refractivity contribution in [2.75, 3.05) is 20.2 Å². The fourth-order valence-electron chi connectivity index (χ4n) is 2.55. The molecule has 1 aromatic carbocycles. The molecular weight excluding hydrogens is 292 g/mol. The van der Waals surface area contributed by atoms with Gasteiger partial charge in [0.05, 0.1) is 18.9 Å². The fourth-order valence-corrected chi connectivity index (χ4v) is 2.55. The van der Waals surface area contributed by atoms with Gasteiger partial charge >= 0.3 is 0 Å². The molecule has 5 nitrogen and oxygen atoms in total. The number of rotatable bonds is 9. The second-order valence-corrected chi connectivity index (χ2v) is 5.98. The number of hydrogen-bond acceptors (Lipinski definition) is 3. The lowest BCUT2D eigenvalue weighted by Gasteiger charge is -2.06. The van der Waals surface area contributed by atoms with Crippen LogP contribution in [0.2, 0.25) is 0 Å². The third kappa shape index (κ3) is 5.27. The number of ether oxygens (including phenoxy) is 1. The summed E-state index contributed by atoms with van der Waals surface area (Å²) in [7, 11) is 1.64. The average molecular weight is 318 g/mol. The Labute approximate surface area is 137 Å². The lowest BCUT2D eigenvalue weighted by atomic mass is 10.1. The molecule has 2 atom stereocenters. The third-order valence-corrected chi connectivity index (χ3v) is 4.17. The van der Waals surface area contributed by atoms with E-state index in [9.17, 15) is 9.59 Å². The van der Waals surface area contributed by atoms with Crippen LogP contribution in [0.5, 0.6) is 5.75 Å². The van der Waals surface area contributed by atoms with E-state index in [0.29, 0.717) is 19.5 Å². The van der Waals surface area contributed by atoms with Crippen LogP contribution in [0.3, 0.4) is 0 Å². The molecule has 2 rings (SSSR count). The standard InChI is InChI=1S/C18H26N2O3/c1-3-4-10-19-17(21)15-12-16(15)18(22)20-11-9-13-5-7-14(23-2)8-6-13/h5-8,15-16H,3-4,9-12H2,1-2H3,(H,19,21)(H,20,22). The van der Waals surface area contributed by atoms with Gasteiger partial charge in [0.15, 0.2) is 0 Å². The van der Waals surface area contributed by atoms with Crippen molar-refractivity contribution in [2.24, 2.45) is 11.8 Å². The van der Waals surface area contributed by atoms with Crippen LogP contribution in [0.1, 0.15) is 31.7 Å². The molecule has 126 valence electrons. The van der Waals surface area contributed by atoms with Crippen molar-refractivity contribution in [3.63, 3.8) is 0 Å². The molecule has 0 radical (unpaired) electrons. The summed E-state index contributed by atoms with van der Waals surface area (Å²) in [5, 5.41) is 5.82. The first-order valence-electron chi connectivity index (χ1n) is 8.34. The SMILES string of the molecule is CCCCNC(=O)C1CC1C(=O)NCCc1ccc(OC)cc1. The molecule has 1 saturated carbocycles. The van der Waals surface area contributed by atoms with Crippen molar-refractivity contribution >= 4 is 11.8 Å². The van der Waals surface area contributed by atoms with E-state index in [1.165, 1.54) is 0 Å². The van der Waals surface area contributed by atoms with Crippen molar-refractivity contribution in [3.8, 4) is 5.75 Å². The number of amides is 2. The van der Waals surface area contributed by atoms with Crippen molar-refractivity contribution < 1.29 is 14.3 Å². The molecule has 23 heavy (non-hydrogen) atoms. The minimum atomic E-state index is -0.146. The van der Waals surface area contributed by atoms with Crippen LogP contribution < -0.4 is 15.4 Å². The molecule has 0 saturated heterocycles. The topological polar surface area (TPSA) is 67.4 Å². The highest BCUT2D eigenvalue weighted by Gasteiger charge is 2.47. The molecule has 0 bridgehead atoms. The van der Waals surface area contributed by atoms with Gasteiger partial charge in [0.2, 0.25) is 11.8 Å². The highest BCUT2D eigenvalue weighted by Crippen LogP contribution is 2.38. The summed E-state index contributed by atoms with van der Waals surface area (Å²) in [4.78, 5) is 23.9. The van der Waals surface area contributed by atoms with Gasteiger partial charge in [-0.05, 0) is 37.0 Å². The Morgan fingerprint density at radius 2 is 1.70 bits per heavy atom. The van der Waals surface area contributed by atoms with Crippen molar-refractivity contribution in [1.82, 2.24) is 10.6 Å². The number of methoxy groups -OCH3 is 1. The quantitative estimate of drug-likeness (QED) is 0.684. The molecule has 1 aliphatic carbocycles. The van der Waals surface area contributed by atoms with Gasteiger partial charge in [0.1, 0.15) is 5.75 Å². The zero-order chi connectivity index (χ0) is 16.7. The van der Waals surface area contributed by atoms with Gasteiger partial charge in [-0.3, -0.25) is 9.59 Å². The van der Waals surface area contributed by atoms with E-state index in [1.807, 2.05) is 24.3 Å². The highest BCUT2D eigenvalue weighted by molar-refractivity contribution is 5.92. The van der Waals surface area contributed by atoms with E-state index >= 15 is 0 Å². The Hall–Kier alpha value is -2.04. The Morgan fingerprint density at radius 1 is 1.09 bits per heavy atom. The summed E-state index contributed by atoms with van der Waals surface area (Å²) in [6.07, 6.45) is 3.49. The molecule has 0 aromatic heterocycles. The van der Waals surface area contributed by atoms with Crippen LogP contribution in [0.15, 0.2) is 24.3 Å². The van der Waals surface area contributed by atoms with Gasteiger partial charge in [-0.1, -0.05) is 25.5 Å². The second kappa shape index (κ2) is 8.56. The summed E-state index contributed by atoms with van der Waals surface area (Å²) < 4.78 is 5.11. The van der Waals surface area contributed by atoms with Gasteiger partial charge in [0, 0.05) is 13.1 Å². The second-order valence-electron chi connectivity index (χ2n) is 5.98. The summed E-state index contributed by atoms with van der Waals surface area (Å²) >= 11 is 0. The smallest absolute Gasteiger partial charge is 0.223 e. The first kappa shape index (κ1) is 17.3. The maximum absolute atomic E-state index is 12.0. The Bertz CT molecular complexity index is 528.